The number of halogens is 2. The molecule has 11 heteroatoms. The molecule has 222 valence electrons. The summed E-state index contributed by atoms with van der Waals surface area (Å²) in [5, 5.41) is 11.9. The molecule has 0 spiro atoms. The number of aromatic nitrogens is 4. The van der Waals surface area contributed by atoms with Gasteiger partial charge >= 0.3 is 6.01 Å². The molecule has 2 aromatic heterocycles. The second-order valence-corrected chi connectivity index (χ2v) is 11.3. The van der Waals surface area contributed by atoms with Crippen molar-refractivity contribution >= 4 is 45.1 Å². The molecule has 3 heterocycles. The van der Waals surface area contributed by atoms with Crippen LogP contribution >= 0.6 is 11.6 Å². The maximum atomic E-state index is 16.8. The molecule has 1 aliphatic heterocycles. The highest BCUT2D eigenvalue weighted by atomic mass is 35.5. The van der Waals surface area contributed by atoms with E-state index >= 15 is 4.39 Å². The van der Waals surface area contributed by atoms with Gasteiger partial charge in [0.05, 0.1) is 23.3 Å². The van der Waals surface area contributed by atoms with Crippen molar-refractivity contribution in [3.63, 3.8) is 0 Å². The van der Waals surface area contributed by atoms with Gasteiger partial charge in [-0.25, -0.2) is 4.39 Å². The van der Waals surface area contributed by atoms with Crippen molar-refractivity contribution in [1.29, 1.82) is 0 Å². The summed E-state index contributed by atoms with van der Waals surface area (Å²) in [4.78, 5) is 25.7. The molecule has 42 heavy (non-hydrogen) atoms. The van der Waals surface area contributed by atoms with Crippen LogP contribution in [0.4, 0.5) is 10.2 Å². The van der Waals surface area contributed by atoms with Gasteiger partial charge in [0, 0.05) is 53.1 Å². The average Bonchev–Trinajstić information content (AvgIpc) is 3.46. The third-order valence-corrected chi connectivity index (χ3v) is 8.54. The Morgan fingerprint density at radius 1 is 1.26 bits per heavy atom. The van der Waals surface area contributed by atoms with Gasteiger partial charge in [-0.05, 0) is 64.4 Å². The third kappa shape index (κ3) is 5.41. The summed E-state index contributed by atoms with van der Waals surface area (Å²) in [6.45, 7) is 13.0. The van der Waals surface area contributed by atoms with E-state index in [1.54, 1.807) is 17.2 Å². The Bertz CT molecular complexity index is 1640. The summed E-state index contributed by atoms with van der Waals surface area (Å²) in [5.74, 6) is -0.153. The Kier molecular flexibility index (Phi) is 8.65. The number of nitrogens with one attached hydrogen (secondary N) is 2. The lowest BCUT2D eigenvalue weighted by atomic mass is 9.95. The molecule has 3 atom stereocenters. The van der Waals surface area contributed by atoms with Gasteiger partial charge in [-0.2, -0.15) is 15.1 Å². The van der Waals surface area contributed by atoms with Crippen molar-refractivity contribution in [2.45, 2.75) is 58.7 Å². The van der Waals surface area contributed by atoms with Crippen LogP contribution in [0.3, 0.4) is 0 Å². The van der Waals surface area contributed by atoms with Gasteiger partial charge in [0.2, 0.25) is 5.91 Å². The SMILES string of the molecule is C=CC(=O)N1C[C@H](C)N(c2nc(OCCC(CC)NC)nc3c(F)c(-c4c(C)ccc5[nH]ncc45)c(Cl)cc23)C[C@H]1C. The maximum absolute atomic E-state index is 16.8. The molecule has 0 saturated carbocycles. The van der Waals surface area contributed by atoms with Gasteiger partial charge in [0.15, 0.2) is 5.82 Å². The maximum Gasteiger partial charge on any atom is 0.319 e. The summed E-state index contributed by atoms with van der Waals surface area (Å²) >= 11 is 6.89. The minimum absolute atomic E-state index is 0.0957. The molecule has 2 N–H and O–H groups in total. The van der Waals surface area contributed by atoms with Crippen molar-refractivity contribution < 1.29 is 13.9 Å². The second kappa shape index (κ2) is 12.2. The molecular weight excluding hydrogens is 557 g/mol. The normalized spacial score (nSPS) is 18.1. The number of carbonyl (C=O) groups is 1. The molecule has 0 bridgehead atoms. The highest BCUT2D eigenvalue weighted by Crippen LogP contribution is 2.42. The number of fused-ring (bicyclic) bond motifs is 2. The first kappa shape index (κ1) is 29.7. The molecular formula is C31H37ClFN7O2. The minimum Gasteiger partial charge on any atom is -0.463 e. The summed E-state index contributed by atoms with van der Waals surface area (Å²) in [5.41, 5.74) is 2.68. The lowest BCUT2D eigenvalue weighted by Gasteiger charge is -2.44. The Balaban J connectivity index is 1.66. The number of ether oxygens (including phenoxy) is 1. The van der Waals surface area contributed by atoms with Crippen LogP contribution in [0.5, 0.6) is 6.01 Å². The number of piperazine rings is 1. The van der Waals surface area contributed by atoms with E-state index in [1.807, 2.05) is 40.0 Å². The number of benzene rings is 2. The number of amides is 1. The minimum atomic E-state index is -0.550. The number of anilines is 1. The van der Waals surface area contributed by atoms with Crippen LogP contribution in [-0.2, 0) is 4.79 Å². The van der Waals surface area contributed by atoms with E-state index in [2.05, 4.69) is 38.9 Å². The van der Waals surface area contributed by atoms with Crippen LogP contribution in [0.2, 0.25) is 5.02 Å². The third-order valence-electron chi connectivity index (χ3n) is 8.24. The van der Waals surface area contributed by atoms with Gasteiger partial charge in [-0.3, -0.25) is 9.89 Å². The van der Waals surface area contributed by atoms with Crippen molar-refractivity contribution in [2.75, 3.05) is 31.6 Å². The molecule has 5 rings (SSSR count). The number of hydrogen-bond donors (Lipinski definition) is 2. The lowest BCUT2D eigenvalue weighted by molar-refractivity contribution is -0.128. The second-order valence-electron chi connectivity index (χ2n) is 10.9. The number of carbonyl (C=O) groups excluding carboxylic acids is 1. The molecule has 0 aliphatic carbocycles. The van der Waals surface area contributed by atoms with Crippen LogP contribution in [0.1, 0.15) is 39.2 Å². The van der Waals surface area contributed by atoms with Crippen molar-refractivity contribution in [3.05, 3.63) is 53.5 Å². The molecule has 0 radical (unpaired) electrons. The fraction of sp³-hybridized carbons (Fsp3) is 0.419. The summed E-state index contributed by atoms with van der Waals surface area (Å²) in [6.07, 6.45) is 4.70. The zero-order valence-corrected chi connectivity index (χ0v) is 25.4. The van der Waals surface area contributed by atoms with E-state index in [9.17, 15) is 4.79 Å². The Morgan fingerprint density at radius 3 is 2.76 bits per heavy atom. The predicted molar refractivity (Wildman–Crippen MR) is 166 cm³/mol. The van der Waals surface area contributed by atoms with E-state index < -0.39 is 5.82 Å². The predicted octanol–water partition coefficient (Wildman–Crippen LogP) is 5.65. The summed E-state index contributed by atoms with van der Waals surface area (Å²) < 4.78 is 22.8. The number of aryl methyl sites for hydroxylation is 1. The first-order valence-corrected chi connectivity index (χ1v) is 14.7. The first-order chi connectivity index (χ1) is 20.2. The number of H-pyrrole nitrogens is 1. The van der Waals surface area contributed by atoms with Crippen LogP contribution in [0, 0.1) is 12.7 Å². The number of hydrogen-bond acceptors (Lipinski definition) is 7. The highest BCUT2D eigenvalue weighted by Gasteiger charge is 2.34. The smallest absolute Gasteiger partial charge is 0.319 e. The fourth-order valence-corrected chi connectivity index (χ4v) is 6.11. The van der Waals surface area contributed by atoms with Gasteiger partial charge < -0.3 is 19.9 Å². The average molecular weight is 594 g/mol. The lowest BCUT2D eigenvalue weighted by Crippen LogP contribution is -2.58. The van der Waals surface area contributed by atoms with E-state index in [-0.39, 0.29) is 46.1 Å². The van der Waals surface area contributed by atoms with E-state index in [0.29, 0.717) is 36.5 Å². The molecule has 1 saturated heterocycles. The number of rotatable bonds is 9. The quantitative estimate of drug-likeness (QED) is 0.242. The Labute approximate surface area is 250 Å². The summed E-state index contributed by atoms with van der Waals surface area (Å²) in [6, 6.07) is 5.69. The van der Waals surface area contributed by atoms with Gasteiger partial charge in [-0.1, -0.05) is 31.2 Å². The fourth-order valence-electron chi connectivity index (χ4n) is 5.82. The highest BCUT2D eigenvalue weighted by molar-refractivity contribution is 6.35. The van der Waals surface area contributed by atoms with Crippen molar-refractivity contribution in [2.24, 2.45) is 0 Å². The van der Waals surface area contributed by atoms with Crippen molar-refractivity contribution in [3.8, 4) is 17.1 Å². The monoisotopic (exact) mass is 593 g/mol. The van der Waals surface area contributed by atoms with Gasteiger partial charge in [-0.15, -0.1) is 0 Å². The molecule has 4 aromatic rings. The molecule has 1 fully saturated rings. The standard InChI is InChI=1S/C31H37ClFN7O2/c1-7-20(34-6)11-12-42-31-36-29-21(30(37-31)40-16-18(4)39(15-19(40)5)25(41)8-2)13-23(32)27(28(29)33)26-17(3)9-10-24-22(26)14-35-38-24/h8-10,13-14,18-20,34H,2,7,11-12,15-16H2,1,3-6H3,(H,35,38)/t18-,19+,20?/m1/s1. The molecule has 1 aliphatic rings. The Hall–Kier alpha value is -3.76. The topological polar surface area (TPSA) is 99.3 Å². The van der Waals surface area contributed by atoms with Crippen LogP contribution in [0.15, 0.2) is 37.1 Å². The molecule has 2 aromatic carbocycles. The van der Waals surface area contributed by atoms with Crippen LogP contribution in [-0.4, -0.2) is 75.8 Å². The van der Waals surface area contributed by atoms with E-state index in [4.69, 9.17) is 21.3 Å². The van der Waals surface area contributed by atoms with Gasteiger partial charge in [0.1, 0.15) is 11.3 Å². The molecule has 9 nitrogen and oxygen atoms in total. The largest absolute Gasteiger partial charge is 0.463 e. The first-order valence-electron chi connectivity index (χ1n) is 14.3. The van der Waals surface area contributed by atoms with E-state index in [0.717, 1.165) is 29.3 Å². The Morgan fingerprint density at radius 2 is 2.05 bits per heavy atom. The number of nitrogens with zero attached hydrogens (tertiary/aromatic N) is 5. The zero-order chi connectivity index (χ0) is 30.1. The van der Waals surface area contributed by atoms with Crippen LogP contribution < -0.4 is 15.0 Å². The van der Waals surface area contributed by atoms with Crippen LogP contribution in [0.25, 0.3) is 32.9 Å². The van der Waals surface area contributed by atoms with E-state index in [1.165, 1.54) is 6.08 Å². The summed E-state index contributed by atoms with van der Waals surface area (Å²) in [7, 11) is 1.92. The van der Waals surface area contributed by atoms with Crippen molar-refractivity contribution in [1.82, 2.24) is 30.4 Å². The molecule has 1 unspecified atom stereocenters. The zero-order valence-electron chi connectivity index (χ0n) is 24.7. The van der Waals surface area contributed by atoms with Gasteiger partial charge in [0.25, 0.3) is 0 Å². The molecule has 1 amide bonds. The number of aromatic amines is 1.